The number of aromatic nitrogens is 4. The van der Waals surface area contributed by atoms with Crippen LogP contribution in [0.5, 0.6) is 0 Å². The summed E-state index contributed by atoms with van der Waals surface area (Å²) in [6.07, 6.45) is 0. The van der Waals surface area contributed by atoms with Crippen molar-refractivity contribution >= 4 is 34.9 Å². The van der Waals surface area contributed by atoms with Crippen molar-refractivity contribution in [2.75, 3.05) is 19.5 Å². The molecule has 9 heteroatoms. The minimum atomic E-state index is -0.0950. The number of methoxy groups -OCH3 is 1. The van der Waals surface area contributed by atoms with Crippen LogP contribution in [0, 0.1) is 13.8 Å². The number of aryl methyl sites for hydroxylation is 1. The van der Waals surface area contributed by atoms with Gasteiger partial charge in [-0.3, -0.25) is 14.2 Å². The van der Waals surface area contributed by atoms with Gasteiger partial charge in [-0.2, -0.15) is 0 Å². The van der Waals surface area contributed by atoms with Crippen LogP contribution in [0.15, 0.2) is 29.4 Å². The molecule has 0 aliphatic rings. The van der Waals surface area contributed by atoms with Crippen LogP contribution in [0.2, 0.25) is 5.02 Å². The summed E-state index contributed by atoms with van der Waals surface area (Å²) in [5.74, 6) is 0.705. The smallest absolute Gasteiger partial charge is 0.192 e. The van der Waals surface area contributed by atoms with E-state index in [0.29, 0.717) is 51.7 Å². The van der Waals surface area contributed by atoms with Gasteiger partial charge in [-0.1, -0.05) is 23.4 Å². The summed E-state index contributed by atoms with van der Waals surface area (Å²) in [7, 11) is 1.63. The third-order valence-corrected chi connectivity index (χ3v) is 5.96. The topological polar surface area (TPSA) is 89.9 Å². The van der Waals surface area contributed by atoms with Crippen molar-refractivity contribution in [3.05, 3.63) is 51.8 Å². The monoisotopic (exact) mass is 446 g/mol. The second-order valence-corrected chi connectivity index (χ2v) is 8.23. The second-order valence-electron chi connectivity index (χ2n) is 6.85. The maximum absolute atomic E-state index is 12.8. The third kappa shape index (κ3) is 4.66. The molecule has 0 fully saturated rings. The number of H-pyrrole nitrogens is 1. The van der Waals surface area contributed by atoms with Crippen LogP contribution in [0.1, 0.15) is 39.0 Å². The first-order chi connectivity index (χ1) is 14.3. The average Bonchev–Trinajstić information content (AvgIpc) is 3.25. The predicted octanol–water partition coefficient (Wildman–Crippen LogP) is 4.37. The lowest BCUT2D eigenvalue weighted by Gasteiger charge is -2.09. The molecular weight excluding hydrogens is 424 g/mol. The first-order valence-electron chi connectivity index (χ1n) is 9.37. The largest absolute Gasteiger partial charge is 0.383 e. The van der Waals surface area contributed by atoms with Crippen molar-refractivity contribution in [3.8, 4) is 11.4 Å². The predicted molar refractivity (Wildman–Crippen MR) is 118 cm³/mol. The molecule has 2 heterocycles. The summed E-state index contributed by atoms with van der Waals surface area (Å²) >= 11 is 7.29. The van der Waals surface area contributed by atoms with Crippen LogP contribution in [0.3, 0.4) is 0 Å². The molecule has 0 amide bonds. The lowest BCUT2D eigenvalue weighted by atomic mass is 10.1. The molecule has 30 heavy (non-hydrogen) atoms. The highest BCUT2D eigenvalue weighted by atomic mass is 35.5. The number of aromatic amines is 1. The van der Waals surface area contributed by atoms with Crippen LogP contribution in [0.4, 0.5) is 0 Å². The standard InChI is InChI=1S/C21H23ClN4O3S/c1-12-18(14(3)27)13(2)23-19(12)17(28)11-30-21-25-24-20(26(21)9-10-29-4)15-5-7-16(22)8-6-15/h5-8,23H,9-11H2,1-4H3. The van der Waals surface area contributed by atoms with Gasteiger partial charge in [-0.25, -0.2) is 0 Å². The number of carbonyl (C=O) groups excluding carboxylic acids is 2. The Morgan fingerprint density at radius 1 is 1.20 bits per heavy atom. The molecule has 7 nitrogen and oxygen atoms in total. The van der Waals surface area contributed by atoms with Crippen LogP contribution in [-0.2, 0) is 11.3 Å². The van der Waals surface area contributed by atoms with Gasteiger partial charge in [0.15, 0.2) is 22.5 Å². The van der Waals surface area contributed by atoms with Gasteiger partial charge in [-0.15, -0.1) is 10.2 Å². The maximum atomic E-state index is 12.8. The number of hydrogen-bond acceptors (Lipinski definition) is 6. The summed E-state index contributed by atoms with van der Waals surface area (Å²) in [4.78, 5) is 27.7. The highest BCUT2D eigenvalue weighted by Gasteiger charge is 2.21. The minimum Gasteiger partial charge on any atom is -0.383 e. The Bertz CT molecular complexity index is 1070. The molecule has 3 rings (SSSR count). The molecule has 1 N–H and O–H groups in total. The van der Waals surface area contributed by atoms with Gasteiger partial charge in [-0.05, 0) is 50.6 Å². The van der Waals surface area contributed by atoms with E-state index in [1.54, 1.807) is 33.1 Å². The number of benzene rings is 1. The van der Waals surface area contributed by atoms with E-state index in [2.05, 4.69) is 15.2 Å². The lowest BCUT2D eigenvalue weighted by Crippen LogP contribution is -2.10. The van der Waals surface area contributed by atoms with Crippen molar-refractivity contribution in [1.82, 2.24) is 19.7 Å². The second kappa shape index (κ2) is 9.59. The molecule has 0 spiro atoms. The molecule has 0 aliphatic heterocycles. The Morgan fingerprint density at radius 2 is 1.90 bits per heavy atom. The number of thioether (sulfide) groups is 1. The van der Waals surface area contributed by atoms with Gasteiger partial charge in [0.2, 0.25) is 0 Å². The summed E-state index contributed by atoms with van der Waals surface area (Å²) in [6, 6.07) is 7.35. The van der Waals surface area contributed by atoms with Crippen molar-refractivity contribution in [2.24, 2.45) is 0 Å². The summed E-state index contributed by atoms with van der Waals surface area (Å²) < 4.78 is 7.15. The number of ether oxygens (including phenoxy) is 1. The molecular formula is C21H23ClN4O3S. The number of hydrogen-bond donors (Lipinski definition) is 1. The van der Waals surface area contributed by atoms with Crippen LogP contribution >= 0.6 is 23.4 Å². The molecule has 158 valence electrons. The quantitative estimate of drug-likeness (QED) is 0.387. The highest BCUT2D eigenvalue weighted by Crippen LogP contribution is 2.27. The maximum Gasteiger partial charge on any atom is 0.192 e. The molecule has 0 bridgehead atoms. The third-order valence-electron chi connectivity index (χ3n) is 4.74. The number of nitrogens with one attached hydrogen (secondary N) is 1. The first-order valence-corrected chi connectivity index (χ1v) is 10.7. The molecule has 0 saturated carbocycles. The molecule has 0 aliphatic carbocycles. The van der Waals surface area contributed by atoms with E-state index in [4.69, 9.17) is 16.3 Å². The van der Waals surface area contributed by atoms with Gasteiger partial charge in [0.25, 0.3) is 0 Å². The molecule has 2 aromatic heterocycles. The fourth-order valence-corrected chi connectivity index (χ4v) is 4.31. The number of carbonyl (C=O) groups is 2. The van der Waals surface area contributed by atoms with Crippen LogP contribution in [-0.4, -0.2) is 50.8 Å². The molecule has 0 unspecified atom stereocenters. The van der Waals surface area contributed by atoms with E-state index < -0.39 is 0 Å². The highest BCUT2D eigenvalue weighted by molar-refractivity contribution is 7.99. The fourth-order valence-electron chi connectivity index (χ4n) is 3.35. The number of rotatable bonds is 9. The average molecular weight is 447 g/mol. The number of Topliss-reactive ketones (excluding diaryl/α,β-unsaturated/α-hetero) is 2. The Morgan fingerprint density at radius 3 is 2.50 bits per heavy atom. The molecule has 0 atom stereocenters. The van der Waals surface area contributed by atoms with Gasteiger partial charge in [0, 0.05) is 29.0 Å². The van der Waals surface area contributed by atoms with Crippen molar-refractivity contribution < 1.29 is 14.3 Å². The van der Waals surface area contributed by atoms with Crippen LogP contribution in [0.25, 0.3) is 11.4 Å². The lowest BCUT2D eigenvalue weighted by molar-refractivity contribution is 0.101. The van der Waals surface area contributed by atoms with Crippen molar-refractivity contribution in [1.29, 1.82) is 0 Å². The van der Waals surface area contributed by atoms with E-state index in [1.807, 2.05) is 16.7 Å². The van der Waals surface area contributed by atoms with E-state index in [-0.39, 0.29) is 17.3 Å². The van der Waals surface area contributed by atoms with Gasteiger partial charge in [0.05, 0.1) is 24.6 Å². The van der Waals surface area contributed by atoms with E-state index in [9.17, 15) is 9.59 Å². The molecule has 1 aromatic carbocycles. The molecule has 3 aromatic rings. The van der Waals surface area contributed by atoms with Crippen molar-refractivity contribution in [2.45, 2.75) is 32.5 Å². The van der Waals surface area contributed by atoms with Crippen molar-refractivity contribution in [3.63, 3.8) is 0 Å². The summed E-state index contributed by atoms with van der Waals surface area (Å²) in [5.41, 5.74) is 3.32. The Kier molecular flexibility index (Phi) is 7.12. The Labute approximate surface area is 184 Å². The molecule has 0 radical (unpaired) electrons. The summed E-state index contributed by atoms with van der Waals surface area (Å²) in [5, 5.41) is 9.85. The zero-order valence-electron chi connectivity index (χ0n) is 17.3. The summed E-state index contributed by atoms with van der Waals surface area (Å²) in [6.45, 7) is 6.12. The SMILES string of the molecule is COCCn1c(SCC(=O)c2[nH]c(C)c(C(C)=O)c2C)nnc1-c1ccc(Cl)cc1. The van der Waals surface area contributed by atoms with Gasteiger partial charge < -0.3 is 9.72 Å². The minimum absolute atomic E-state index is 0.0557. The zero-order chi connectivity index (χ0) is 21.8. The Hall–Kier alpha value is -2.42. The zero-order valence-corrected chi connectivity index (χ0v) is 18.9. The normalized spacial score (nSPS) is 11.1. The Balaban J connectivity index is 1.83. The van der Waals surface area contributed by atoms with E-state index >= 15 is 0 Å². The van der Waals surface area contributed by atoms with Gasteiger partial charge in [0.1, 0.15) is 0 Å². The van der Waals surface area contributed by atoms with E-state index in [0.717, 1.165) is 5.56 Å². The fraction of sp³-hybridized carbons (Fsp3) is 0.333. The number of halogens is 1. The van der Waals surface area contributed by atoms with E-state index in [1.165, 1.54) is 18.7 Å². The number of ketones is 2. The number of nitrogens with zero attached hydrogens (tertiary/aromatic N) is 3. The first kappa shape index (κ1) is 22.3. The van der Waals surface area contributed by atoms with Gasteiger partial charge >= 0.3 is 0 Å². The van der Waals surface area contributed by atoms with Crippen LogP contribution < -0.4 is 0 Å². The molecule has 0 saturated heterocycles.